The molecular formula is C10H9ClN4O3S. The molecule has 7 nitrogen and oxygen atoms in total. The molecule has 0 aliphatic heterocycles. The zero-order valence-electron chi connectivity index (χ0n) is 9.42. The van der Waals surface area contributed by atoms with Crippen molar-refractivity contribution in [3.05, 3.63) is 45.8 Å². The molecule has 9 heteroatoms. The number of nitrogen functional groups attached to an aromatic ring is 1. The largest absolute Gasteiger partial charge is 0.399 e. The van der Waals surface area contributed by atoms with Crippen LogP contribution in [0.5, 0.6) is 0 Å². The number of rotatable bonds is 3. The molecule has 1 aromatic heterocycles. The molecule has 0 amide bonds. The van der Waals surface area contributed by atoms with Crippen LogP contribution >= 0.6 is 11.6 Å². The third kappa shape index (κ3) is 3.04. The average molecular weight is 301 g/mol. The normalized spacial score (nSPS) is 11.2. The molecule has 0 bridgehead atoms. The highest BCUT2D eigenvalue weighted by Crippen LogP contribution is 2.16. The van der Waals surface area contributed by atoms with Gasteiger partial charge in [0.05, 0.1) is 4.90 Å². The van der Waals surface area contributed by atoms with Crippen molar-refractivity contribution in [3.8, 4) is 0 Å². The van der Waals surface area contributed by atoms with Gasteiger partial charge in [-0.05, 0) is 24.3 Å². The van der Waals surface area contributed by atoms with E-state index >= 15 is 0 Å². The standard InChI is InChI=1S/C10H9ClN4O3S/c11-9-5-8(10(16)14-13-9)15-19(17,18)7-3-1-6(12)2-4-7/h1-5H,12H2,(H,13,15)(H,14,16). The third-order valence-corrected chi connectivity index (χ3v) is 3.78. The van der Waals surface area contributed by atoms with Gasteiger partial charge < -0.3 is 5.73 Å². The van der Waals surface area contributed by atoms with Gasteiger partial charge in [-0.2, -0.15) is 5.10 Å². The van der Waals surface area contributed by atoms with E-state index in [4.69, 9.17) is 17.3 Å². The molecule has 0 saturated heterocycles. The molecule has 2 rings (SSSR count). The molecule has 0 fully saturated rings. The smallest absolute Gasteiger partial charge is 0.288 e. The Bertz CT molecular complexity index is 755. The number of halogens is 1. The Morgan fingerprint density at radius 1 is 1.26 bits per heavy atom. The molecule has 0 unspecified atom stereocenters. The number of hydrogen-bond acceptors (Lipinski definition) is 5. The molecule has 1 aromatic carbocycles. The summed E-state index contributed by atoms with van der Waals surface area (Å²) in [5, 5.41) is 5.46. The highest BCUT2D eigenvalue weighted by Gasteiger charge is 2.16. The van der Waals surface area contributed by atoms with E-state index in [2.05, 4.69) is 14.9 Å². The third-order valence-electron chi connectivity index (χ3n) is 2.21. The predicted molar refractivity (Wildman–Crippen MR) is 71.5 cm³/mol. The Kier molecular flexibility index (Phi) is 3.45. The summed E-state index contributed by atoms with van der Waals surface area (Å²) in [6.45, 7) is 0. The summed E-state index contributed by atoms with van der Waals surface area (Å²) >= 11 is 5.58. The van der Waals surface area contributed by atoms with E-state index in [0.717, 1.165) is 6.07 Å². The van der Waals surface area contributed by atoms with Gasteiger partial charge in [-0.15, -0.1) is 0 Å². The van der Waals surface area contributed by atoms with Crippen molar-refractivity contribution in [1.29, 1.82) is 0 Å². The molecule has 4 N–H and O–H groups in total. The van der Waals surface area contributed by atoms with Crippen LogP contribution in [-0.4, -0.2) is 18.6 Å². The number of nitrogens with one attached hydrogen (secondary N) is 2. The van der Waals surface area contributed by atoms with Gasteiger partial charge >= 0.3 is 0 Å². The van der Waals surface area contributed by atoms with Crippen LogP contribution in [0.1, 0.15) is 0 Å². The minimum absolute atomic E-state index is 0.0194. The van der Waals surface area contributed by atoms with Gasteiger partial charge in [0.25, 0.3) is 15.6 Å². The summed E-state index contributed by atoms with van der Waals surface area (Å²) < 4.78 is 26.1. The van der Waals surface area contributed by atoms with E-state index in [0.29, 0.717) is 5.69 Å². The lowest BCUT2D eigenvalue weighted by molar-refractivity contribution is 0.601. The maximum atomic E-state index is 12.0. The number of hydrogen-bond donors (Lipinski definition) is 3. The molecule has 0 atom stereocenters. The molecule has 100 valence electrons. The monoisotopic (exact) mass is 300 g/mol. The average Bonchev–Trinajstić information content (AvgIpc) is 2.34. The fraction of sp³-hybridized carbons (Fsp3) is 0. The molecule has 0 saturated carbocycles. The van der Waals surface area contributed by atoms with E-state index in [-0.39, 0.29) is 15.7 Å². The summed E-state index contributed by atoms with van der Waals surface area (Å²) in [5.74, 6) is 0. The Labute approximate surface area is 113 Å². The first kappa shape index (κ1) is 13.4. The van der Waals surface area contributed by atoms with Crippen LogP contribution in [-0.2, 0) is 10.0 Å². The van der Waals surface area contributed by atoms with E-state index in [1.54, 1.807) is 0 Å². The van der Waals surface area contributed by atoms with Gasteiger partial charge in [-0.1, -0.05) is 11.6 Å². The first-order valence-electron chi connectivity index (χ1n) is 5.02. The zero-order chi connectivity index (χ0) is 14.0. The van der Waals surface area contributed by atoms with Crippen molar-refractivity contribution < 1.29 is 8.42 Å². The second-order valence-electron chi connectivity index (χ2n) is 3.61. The second-order valence-corrected chi connectivity index (χ2v) is 5.68. The molecule has 0 aliphatic carbocycles. The number of H-pyrrole nitrogens is 1. The van der Waals surface area contributed by atoms with E-state index in [1.165, 1.54) is 24.3 Å². The number of nitrogens with two attached hydrogens (primary N) is 1. The fourth-order valence-corrected chi connectivity index (χ4v) is 2.51. The van der Waals surface area contributed by atoms with Gasteiger partial charge in [0.2, 0.25) is 0 Å². The summed E-state index contributed by atoms with van der Waals surface area (Å²) in [7, 11) is -3.88. The minimum Gasteiger partial charge on any atom is -0.399 e. The molecule has 2 aromatic rings. The topological polar surface area (TPSA) is 118 Å². The first-order chi connectivity index (χ1) is 8.88. The van der Waals surface area contributed by atoms with Gasteiger partial charge in [0.15, 0.2) is 5.15 Å². The highest BCUT2D eigenvalue weighted by atomic mass is 35.5. The minimum atomic E-state index is -3.88. The van der Waals surface area contributed by atoms with Gasteiger partial charge in [0.1, 0.15) is 5.69 Å². The Hall–Kier alpha value is -2.06. The number of sulfonamides is 1. The fourth-order valence-electron chi connectivity index (χ4n) is 1.31. The Balaban J connectivity index is 2.39. The molecule has 1 heterocycles. The Morgan fingerprint density at radius 3 is 2.53 bits per heavy atom. The maximum absolute atomic E-state index is 12.0. The summed E-state index contributed by atoms with van der Waals surface area (Å²) in [6, 6.07) is 6.66. The summed E-state index contributed by atoms with van der Waals surface area (Å²) in [5.41, 5.74) is 5.00. The van der Waals surface area contributed by atoms with Crippen LogP contribution < -0.4 is 16.0 Å². The van der Waals surface area contributed by atoms with Gasteiger partial charge in [-0.3, -0.25) is 9.52 Å². The van der Waals surface area contributed by atoms with Crippen LogP contribution in [0.2, 0.25) is 5.15 Å². The molecule has 19 heavy (non-hydrogen) atoms. The van der Waals surface area contributed by atoms with Crippen molar-refractivity contribution in [2.75, 3.05) is 10.5 Å². The number of aromatic nitrogens is 2. The van der Waals surface area contributed by atoms with Crippen LogP contribution in [0.4, 0.5) is 11.4 Å². The number of benzene rings is 1. The Morgan fingerprint density at radius 2 is 1.89 bits per heavy atom. The van der Waals surface area contributed by atoms with E-state index < -0.39 is 15.6 Å². The van der Waals surface area contributed by atoms with Crippen molar-refractivity contribution in [1.82, 2.24) is 10.2 Å². The molecule has 0 aliphatic rings. The molecular weight excluding hydrogens is 292 g/mol. The van der Waals surface area contributed by atoms with Crippen molar-refractivity contribution in [3.63, 3.8) is 0 Å². The van der Waals surface area contributed by atoms with Gasteiger partial charge in [0, 0.05) is 11.8 Å². The van der Waals surface area contributed by atoms with Crippen LogP contribution in [0.15, 0.2) is 40.0 Å². The number of aromatic amines is 1. The van der Waals surface area contributed by atoms with E-state index in [1.807, 2.05) is 0 Å². The zero-order valence-corrected chi connectivity index (χ0v) is 11.0. The quantitative estimate of drug-likeness (QED) is 0.725. The summed E-state index contributed by atoms with van der Waals surface area (Å²) in [4.78, 5) is 11.4. The van der Waals surface area contributed by atoms with Crippen LogP contribution in [0.3, 0.4) is 0 Å². The van der Waals surface area contributed by atoms with Crippen LogP contribution in [0, 0.1) is 0 Å². The lowest BCUT2D eigenvalue weighted by atomic mass is 10.3. The number of nitrogens with zero attached hydrogens (tertiary/aromatic N) is 1. The van der Waals surface area contributed by atoms with Crippen molar-refractivity contribution in [2.45, 2.75) is 4.90 Å². The van der Waals surface area contributed by atoms with Crippen LogP contribution in [0.25, 0.3) is 0 Å². The number of anilines is 2. The molecule has 0 spiro atoms. The SMILES string of the molecule is Nc1ccc(S(=O)(=O)Nc2cc(Cl)n[nH]c2=O)cc1. The van der Waals surface area contributed by atoms with Crippen molar-refractivity contribution in [2.24, 2.45) is 0 Å². The first-order valence-corrected chi connectivity index (χ1v) is 6.88. The molecule has 0 radical (unpaired) electrons. The van der Waals surface area contributed by atoms with E-state index in [9.17, 15) is 13.2 Å². The van der Waals surface area contributed by atoms with Crippen molar-refractivity contribution >= 4 is 33.0 Å². The highest BCUT2D eigenvalue weighted by molar-refractivity contribution is 7.92. The lowest BCUT2D eigenvalue weighted by Crippen LogP contribution is -2.20. The summed E-state index contributed by atoms with van der Waals surface area (Å²) in [6.07, 6.45) is 0. The predicted octanol–water partition coefficient (Wildman–Crippen LogP) is 0.806. The second kappa shape index (κ2) is 4.90. The lowest BCUT2D eigenvalue weighted by Gasteiger charge is -2.07. The maximum Gasteiger partial charge on any atom is 0.288 e. The van der Waals surface area contributed by atoms with Gasteiger partial charge in [-0.25, -0.2) is 13.5 Å².